The van der Waals surface area contributed by atoms with Crippen LogP contribution in [0.5, 0.6) is 0 Å². The number of hydrogen-bond donors (Lipinski definition) is 0. The summed E-state index contributed by atoms with van der Waals surface area (Å²) in [6.45, 7) is 12.8. The highest BCUT2D eigenvalue weighted by Gasteiger charge is 2.41. The predicted molar refractivity (Wildman–Crippen MR) is 69.9 cm³/mol. The van der Waals surface area contributed by atoms with Crippen LogP contribution in [0.3, 0.4) is 0 Å². The Morgan fingerprint density at radius 2 is 1.53 bits per heavy atom. The first kappa shape index (κ1) is 13.4. The zero-order valence-electron chi connectivity index (χ0n) is 10.2. The van der Waals surface area contributed by atoms with Gasteiger partial charge < -0.3 is 9.34 Å². The molecule has 2 nitrogen and oxygen atoms in total. The normalized spacial score (nSPS) is 23.5. The van der Waals surface area contributed by atoms with Gasteiger partial charge in [0.2, 0.25) is 0 Å². The minimum Gasteiger partial charge on any atom is -0.320 e. The maximum Gasteiger partial charge on any atom is 0.198 e. The summed E-state index contributed by atoms with van der Waals surface area (Å²) < 4.78 is 4.22. The molecule has 1 rings (SSSR count). The van der Waals surface area contributed by atoms with Gasteiger partial charge in [-0.15, -0.1) is 0 Å². The minimum atomic E-state index is -0.893. The largest absolute Gasteiger partial charge is 0.320 e. The van der Waals surface area contributed by atoms with Gasteiger partial charge in [-0.3, -0.25) is 0 Å². The highest BCUT2D eigenvalue weighted by Crippen LogP contribution is 2.62. The van der Waals surface area contributed by atoms with E-state index in [1.165, 1.54) is 0 Å². The lowest BCUT2D eigenvalue weighted by Gasteiger charge is -2.41. The van der Waals surface area contributed by atoms with Gasteiger partial charge in [0.15, 0.2) is 7.58 Å². The molecule has 1 heterocycles. The molecule has 1 aliphatic rings. The first-order valence-corrected chi connectivity index (χ1v) is 7.51. The Morgan fingerprint density at radius 1 is 1.07 bits per heavy atom. The molecule has 0 aromatic rings. The highest BCUT2D eigenvalue weighted by molar-refractivity contribution is 7.80. The molecule has 0 aliphatic carbocycles. The fourth-order valence-electron chi connectivity index (χ4n) is 1.39. The van der Waals surface area contributed by atoms with Crippen LogP contribution in [0.1, 0.15) is 41.5 Å². The quantitative estimate of drug-likeness (QED) is 0.464. The molecule has 1 aliphatic heterocycles. The second-order valence-electron chi connectivity index (χ2n) is 5.69. The van der Waals surface area contributed by atoms with E-state index in [0.29, 0.717) is 0 Å². The average molecular weight is 269 g/mol. The minimum absolute atomic E-state index is 0.00753. The van der Waals surface area contributed by atoms with Gasteiger partial charge in [0.1, 0.15) is 5.16 Å². The summed E-state index contributed by atoms with van der Waals surface area (Å²) in [5.41, 5.74) is -0.0331. The molecule has 0 fully saturated rings. The van der Waals surface area contributed by atoms with Crippen molar-refractivity contribution in [2.45, 2.75) is 52.6 Å². The van der Waals surface area contributed by atoms with Crippen LogP contribution in [0.15, 0.2) is 11.4 Å². The molecule has 0 bridgehead atoms. The van der Waals surface area contributed by atoms with Crippen molar-refractivity contribution < 1.29 is 0 Å². The van der Waals surface area contributed by atoms with Crippen molar-refractivity contribution in [2.75, 3.05) is 0 Å². The van der Waals surface area contributed by atoms with E-state index < -0.39 is 7.58 Å². The lowest BCUT2D eigenvalue weighted by Crippen LogP contribution is -2.37. The standard InChI is InChI=1S/C10H19Cl2N2P/c1-9(2,3)13-7-8(11)14(15(13)12)10(4,5)6/h7H,1-6H3. The molecule has 0 radical (unpaired) electrons. The molecular formula is C10H19Cl2N2P. The summed E-state index contributed by atoms with van der Waals surface area (Å²) in [5, 5.41) is 0.735. The Morgan fingerprint density at radius 3 is 1.73 bits per heavy atom. The van der Waals surface area contributed by atoms with E-state index in [9.17, 15) is 0 Å². The molecule has 88 valence electrons. The molecule has 0 saturated heterocycles. The van der Waals surface area contributed by atoms with E-state index in [2.05, 4.69) is 50.9 Å². The van der Waals surface area contributed by atoms with E-state index >= 15 is 0 Å². The molecule has 1 unspecified atom stereocenters. The van der Waals surface area contributed by atoms with Crippen LogP contribution < -0.4 is 0 Å². The maximum absolute atomic E-state index is 6.49. The first-order chi connectivity index (χ1) is 6.55. The molecular weight excluding hydrogens is 250 g/mol. The SMILES string of the molecule is CC(C)(C)N1C=C(Cl)N(C(C)(C)C)P1Cl. The molecule has 0 spiro atoms. The van der Waals surface area contributed by atoms with Gasteiger partial charge in [-0.2, -0.15) is 0 Å². The van der Waals surface area contributed by atoms with Crippen LogP contribution in [-0.2, 0) is 0 Å². The summed E-state index contributed by atoms with van der Waals surface area (Å²) in [6.07, 6.45) is 1.95. The van der Waals surface area contributed by atoms with Crippen molar-refractivity contribution in [3.8, 4) is 0 Å². The maximum atomic E-state index is 6.49. The van der Waals surface area contributed by atoms with Crippen LogP contribution in [-0.4, -0.2) is 20.4 Å². The third-order valence-corrected chi connectivity index (χ3v) is 5.64. The summed E-state index contributed by atoms with van der Waals surface area (Å²) in [5.74, 6) is 0. The molecule has 0 aromatic carbocycles. The first-order valence-electron chi connectivity index (χ1n) is 4.98. The van der Waals surface area contributed by atoms with Crippen molar-refractivity contribution in [3.63, 3.8) is 0 Å². The monoisotopic (exact) mass is 268 g/mol. The third kappa shape index (κ3) is 2.72. The Balaban J connectivity index is 2.98. The fraction of sp³-hybridized carbons (Fsp3) is 0.800. The van der Waals surface area contributed by atoms with E-state index in [-0.39, 0.29) is 11.1 Å². The van der Waals surface area contributed by atoms with Gasteiger partial charge in [-0.25, -0.2) is 0 Å². The number of nitrogens with zero attached hydrogens (tertiary/aromatic N) is 2. The molecule has 5 heteroatoms. The van der Waals surface area contributed by atoms with E-state index in [4.69, 9.17) is 22.8 Å². The second-order valence-corrected chi connectivity index (χ2v) is 8.30. The molecule has 15 heavy (non-hydrogen) atoms. The Kier molecular flexibility index (Phi) is 3.56. The van der Waals surface area contributed by atoms with Crippen LogP contribution in [0.25, 0.3) is 0 Å². The zero-order valence-corrected chi connectivity index (χ0v) is 12.6. The third-order valence-electron chi connectivity index (χ3n) is 2.10. The fourth-order valence-corrected chi connectivity index (χ4v) is 5.47. The molecule has 0 saturated carbocycles. The van der Waals surface area contributed by atoms with Crippen molar-refractivity contribution in [1.29, 1.82) is 0 Å². The molecule has 0 amide bonds. The topological polar surface area (TPSA) is 6.48 Å². The second kappa shape index (κ2) is 3.98. The smallest absolute Gasteiger partial charge is 0.198 e. The summed E-state index contributed by atoms with van der Waals surface area (Å²) >= 11 is 12.7. The number of rotatable bonds is 0. The van der Waals surface area contributed by atoms with Crippen LogP contribution in [0.4, 0.5) is 0 Å². The molecule has 0 N–H and O–H groups in total. The summed E-state index contributed by atoms with van der Waals surface area (Å²) in [4.78, 5) is 0. The number of hydrogen-bond acceptors (Lipinski definition) is 2. The van der Waals surface area contributed by atoms with Crippen LogP contribution >= 0.6 is 30.4 Å². The van der Waals surface area contributed by atoms with Crippen LogP contribution in [0.2, 0.25) is 0 Å². The van der Waals surface area contributed by atoms with Gasteiger partial charge in [0, 0.05) is 17.3 Å². The van der Waals surface area contributed by atoms with Gasteiger partial charge >= 0.3 is 0 Å². The van der Waals surface area contributed by atoms with Gasteiger partial charge in [-0.05, 0) is 52.8 Å². The number of halogens is 2. The van der Waals surface area contributed by atoms with Gasteiger partial charge in [0.25, 0.3) is 0 Å². The Hall–Kier alpha value is 0.350. The highest BCUT2D eigenvalue weighted by atomic mass is 35.7. The predicted octanol–water partition coefficient (Wildman–Crippen LogP) is 4.70. The average Bonchev–Trinajstić information content (AvgIpc) is 2.22. The van der Waals surface area contributed by atoms with Gasteiger partial charge in [0.05, 0.1) is 0 Å². The summed E-state index contributed by atoms with van der Waals surface area (Å²) in [6, 6.07) is 0. The lowest BCUT2D eigenvalue weighted by atomic mass is 10.1. The molecule has 1 atom stereocenters. The Bertz CT molecular complexity index is 278. The van der Waals surface area contributed by atoms with Crippen molar-refractivity contribution in [2.24, 2.45) is 0 Å². The van der Waals surface area contributed by atoms with Crippen molar-refractivity contribution >= 4 is 30.4 Å². The summed E-state index contributed by atoms with van der Waals surface area (Å²) in [7, 11) is -0.893. The zero-order chi connectivity index (χ0) is 12.0. The van der Waals surface area contributed by atoms with Crippen LogP contribution in [0, 0.1) is 0 Å². The Labute approximate surface area is 104 Å². The van der Waals surface area contributed by atoms with E-state index in [1.54, 1.807) is 0 Å². The van der Waals surface area contributed by atoms with E-state index in [1.807, 2.05) is 6.20 Å². The van der Waals surface area contributed by atoms with Gasteiger partial charge in [-0.1, -0.05) is 11.6 Å². The molecule has 0 aromatic heterocycles. The van der Waals surface area contributed by atoms with Crippen molar-refractivity contribution in [3.05, 3.63) is 11.4 Å². The van der Waals surface area contributed by atoms with E-state index in [0.717, 1.165) is 5.16 Å². The van der Waals surface area contributed by atoms with Crippen molar-refractivity contribution in [1.82, 2.24) is 9.34 Å². The lowest BCUT2D eigenvalue weighted by molar-refractivity contribution is 0.314.